The fourth-order valence-corrected chi connectivity index (χ4v) is 1.97. The molecule has 1 aromatic rings. The fraction of sp³-hybridized carbons (Fsp3) is 0.692. The van der Waals surface area contributed by atoms with Crippen LogP contribution in [0, 0.1) is 5.92 Å². The number of aryl methyl sites for hydroxylation is 1. The monoisotopic (exact) mass is 267 g/mol. The maximum atomic E-state index is 11.5. The van der Waals surface area contributed by atoms with E-state index in [-0.39, 0.29) is 5.69 Å². The molecule has 1 heterocycles. The van der Waals surface area contributed by atoms with Crippen LogP contribution in [0.2, 0.25) is 0 Å². The third-order valence-corrected chi connectivity index (χ3v) is 3.29. The van der Waals surface area contributed by atoms with Crippen LogP contribution in [0.4, 0.5) is 5.82 Å². The van der Waals surface area contributed by atoms with Gasteiger partial charge in [-0.1, -0.05) is 6.92 Å². The van der Waals surface area contributed by atoms with Crippen LogP contribution in [0.15, 0.2) is 0 Å². The van der Waals surface area contributed by atoms with E-state index in [1.807, 2.05) is 11.5 Å². The molecular weight excluding hydrogens is 246 g/mol. The Balaban J connectivity index is 2.00. The van der Waals surface area contributed by atoms with Crippen molar-refractivity contribution >= 4 is 11.8 Å². The summed E-state index contributed by atoms with van der Waals surface area (Å²) < 4.78 is 12.1. The molecule has 1 aliphatic rings. The minimum atomic E-state index is -0.496. The van der Waals surface area contributed by atoms with Gasteiger partial charge in [0.1, 0.15) is 11.6 Å². The van der Waals surface area contributed by atoms with E-state index in [0.29, 0.717) is 25.4 Å². The first-order valence-corrected chi connectivity index (χ1v) is 6.68. The molecule has 6 nitrogen and oxygen atoms in total. The molecule has 1 aliphatic carbocycles. The number of hydrogen-bond donors (Lipinski definition) is 1. The second-order valence-corrected chi connectivity index (χ2v) is 4.78. The van der Waals surface area contributed by atoms with Gasteiger partial charge in [-0.25, -0.2) is 9.78 Å². The lowest BCUT2D eigenvalue weighted by atomic mass is 10.4. The summed E-state index contributed by atoms with van der Waals surface area (Å²) >= 11 is 0. The summed E-state index contributed by atoms with van der Waals surface area (Å²) in [7, 11) is 1.32. The highest BCUT2D eigenvalue weighted by atomic mass is 16.5. The van der Waals surface area contributed by atoms with Gasteiger partial charge in [-0.2, -0.15) is 0 Å². The summed E-state index contributed by atoms with van der Waals surface area (Å²) in [4.78, 5) is 15.8. The Morgan fingerprint density at radius 2 is 2.26 bits per heavy atom. The van der Waals surface area contributed by atoms with Crippen LogP contribution in [-0.4, -0.2) is 35.8 Å². The van der Waals surface area contributed by atoms with Gasteiger partial charge in [-0.15, -0.1) is 0 Å². The quantitative estimate of drug-likeness (QED) is 0.594. The maximum absolute atomic E-state index is 11.5. The number of hydrogen-bond acceptors (Lipinski definition) is 5. The number of nitrogen functional groups attached to an aromatic ring is 1. The number of imidazole rings is 1. The number of ether oxygens (including phenoxy) is 2. The van der Waals surface area contributed by atoms with Crippen LogP contribution in [0.1, 0.15) is 36.1 Å². The number of aromatic nitrogens is 2. The van der Waals surface area contributed by atoms with Crippen LogP contribution < -0.4 is 5.73 Å². The van der Waals surface area contributed by atoms with Crippen molar-refractivity contribution in [3.05, 3.63) is 11.5 Å². The highest BCUT2D eigenvalue weighted by Gasteiger charge is 2.22. The molecule has 2 rings (SSSR count). The third-order valence-electron chi connectivity index (χ3n) is 3.29. The van der Waals surface area contributed by atoms with E-state index in [9.17, 15) is 4.79 Å². The molecule has 0 amide bonds. The van der Waals surface area contributed by atoms with Crippen LogP contribution in [0.3, 0.4) is 0 Å². The molecule has 1 aromatic heterocycles. The summed E-state index contributed by atoms with van der Waals surface area (Å²) in [6.07, 6.45) is 3.27. The van der Waals surface area contributed by atoms with Crippen molar-refractivity contribution in [3.8, 4) is 0 Å². The van der Waals surface area contributed by atoms with Gasteiger partial charge in [0, 0.05) is 19.6 Å². The molecule has 0 aromatic carbocycles. The van der Waals surface area contributed by atoms with E-state index in [1.165, 1.54) is 20.0 Å². The van der Waals surface area contributed by atoms with Gasteiger partial charge in [0.25, 0.3) is 0 Å². The average Bonchev–Trinajstić information content (AvgIpc) is 3.19. The van der Waals surface area contributed by atoms with Crippen molar-refractivity contribution < 1.29 is 14.3 Å². The van der Waals surface area contributed by atoms with Gasteiger partial charge in [0.2, 0.25) is 0 Å². The Bertz CT molecular complexity index is 452. The molecule has 2 N–H and O–H groups in total. The van der Waals surface area contributed by atoms with Crippen molar-refractivity contribution in [2.75, 3.05) is 26.1 Å². The molecule has 0 bridgehead atoms. The summed E-state index contributed by atoms with van der Waals surface area (Å²) in [5.41, 5.74) is 6.15. The lowest BCUT2D eigenvalue weighted by Gasteiger charge is -2.09. The Kier molecular flexibility index (Phi) is 4.42. The van der Waals surface area contributed by atoms with Crippen molar-refractivity contribution in [2.24, 2.45) is 5.92 Å². The van der Waals surface area contributed by atoms with E-state index in [4.69, 9.17) is 10.5 Å². The Labute approximate surface area is 112 Å². The standard InChI is InChI=1S/C13H21N3O3/c1-3-10-15-11(13(17)18-2)12(14)16(10)6-7-19-8-9-4-5-9/h9H,3-8,14H2,1-2H3. The van der Waals surface area contributed by atoms with Gasteiger partial charge in [-0.05, 0) is 18.8 Å². The van der Waals surface area contributed by atoms with Gasteiger partial charge in [0.15, 0.2) is 5.69 Å². The summed E-state index contributed by atoms with van der Waals surface area (Å²) in [5, 5.41) is 0. The zero-order chi connectivity index (χ0) is 13.8. The number of nitrogens with zero attached hydrogens (tertiary/aromatic N) is 2. The van der Waals surface area contributed by atoms with E-state index < -0.39 is 5.97 Å². The largest absolute Gasteiger partial charge is 0.464 e. The van der Waals surface area contributed by atoms with Crippen LogP contribution >= 0.6 is 0 Å². The molecule has 0 atom stereocenters. The molecule has 0 unspecified atom stereocenters. The Morgan fingerprint density at radius 3 is 2.84 bits per heavy atom. The normalized spacial score (nSPS) is 14.6. The minimum Gasteiger partial charge on any atom is -0.464 e. The molecule has 0 saturated heterocycles. The minimum absolute atomic E-state index is 0.196. The number of methoxy groups -OCH3 is 1. The van der Waals surface area contributed by atoms with Crippen molar-refractivity contribution in [1.82, 2.24) is 9.55 Å². The van der Waals surface area contributed by atoms with Crippen LogP contribution in [0.5, 0.6) is 0 Å². The number of carbonyl (C=O) groups is 1. The van der Waals surface area contributed by atoms with E-state index in [1.54, 1.807) is 0 Å². The van der Waals surface area contributed by atoms with Crippen molar-refractivity contribution in [2.45, 2.75) is 32.7 Å². The summed E-state index contributed by atoms with van der Waals surface area (Å²) in [6, 6.07) is 0. The molecule has 19 heavy (non-hydrogen) atoms. The predicted molar refractivity (Wildman–Crippen MR) is 70.9 cm³/mol. The molecule has 1 saturated carbocycles. The first-order valence-electron chi connectivity index (χ1n) is 6.68. The van der Waals surface area contributed by atoms with Crippen LogP contribution in [-0.2, 0) is 22.4 Å². The Hall–Kier alpha value is -1.56. The molecule has 0 spiro atoms. The predicted octanol–water partition coefficient (Wildman–Crippen LogP) is 1.24. The zero-order valence-corrected chi connectivity index (χ0v) is 11.5. The second-order valence-electron chi connectivity index (χ2n) is 4.78. The highest BCUT2D eigenvalue weighted by Crippen LogP contribution is 2.28. The third kappa shape index (κ3) is 3.26. The zero-order valence-electron chi connectivity index (χ0n) is 11.5. The van der Waals surface area contributed by atoms with Crippen molar-refractivity contribution in [1.29, 1.82) is 0 Å². The van der Waals surface area contributed by atoms with Crippen LogP contribution in [0.25, 0.3) is 0 Å². The first-order chi connectivity index (χ1) is 9.17. The number of rotatable bonds is 7. The van der Waals surface area contributed by atoms with Gasteiger partial charge in [0.05, 0.1) is 13.7 Å². The lowest BCUT2D eigenvalue weighted by Crippen LogP contribution is -2.13. The SMILES string of the molecule is CCc1nc(C(=O)OC)c(N)n1CCOCC1CC1. The number of anilines is 1. The number of esters is 1. The van der Waals surface area contributed by atoms with E-state index in [2.05, 4.69) is 9.72 Å². The summed E-state index contributed by atoms with van der Waals surface area (Å²) in [6.45, 7) is 4.00. The average molecular weight is 267 g/mol. The molecular formula is C13H21N3O3. The first kappa shape index (κ1) is 13.9. The van der Waals surface area contributed by atoms with Gasteiger partial charge < -0.3 is 19.8 Å². The topological polar surface area (TPSA) is 79.4 Å². The van der Waals surface area contributed by atoms with Crippen molar-refractivity contribution in [3.63, 3.8) is 0 Å². The lowest BCUT2D eigenvalue weighted by molar-refractivity contribution is 0.0595. The maximum Gasteiger partial charge on any atom is 0.360 e. The number of carbonyl (C=O) groups excluding carboxylic acids is 1. The summed E-state index contributed by atoms with van der Waals surface area (Å²) in [5.74, 6) is 1.40. The van der Waals surface area contributed by atoms with E-state index in [0.717, 1.165) is 18.3 Å². The van der Waals surface area contributed by atoms with Gasteiger partial charge in [-0.3, -0.25) is 0 Å². The molecule has 1 fully saturated rings. The highest BCUT2D eigenvalue weighted by molar-refractivity contribution is 5.92. The smallest absolute Gasteiger partial charge is 0.360 e. The molecule has 0 aliphatic heterocycles. The second kappa shape index (κ2) is 6.06. The molecule has 0 radical (unpaired) electrons. The molecule has 6 heteroatoms. The Morgan fingerprint density at radius 1 is 1.53 bits per heavy atom. The molecule has 106 valence electrons. The van der Waals surface area contributed by atoms with E-state index >= 15 is 0 Å². The van der Waals surface area contributed by atoms with Gasteiger partial charge >= 0.3 is 5.97 Å². The number of nitrogens with two attached hydrogens (primary N) is 1. The fourth-order valence-electron chi connectivity index (χ4n) is 1.97.